The minimum Gasteiger partial charge on any atom is -0.508 e. The normalized spacial score (nSPS) is 12.8. The number of hydrogen-bond donors (Lipinski definition) is 5. The predicted molar refractivity (Wildman–Crippen MR) is 152 cm³/mol. The molecule has 2 atom stereocenters. The SMILES string of the molecule is Cc1cc(O)cc(C)c1CC(NC(=O)OC(C)(C)C)C(=O)NC(CCCN)C(=O)NCCCc1ccccc1. The zero-order valence-electron chi connectivity index (χ0n) is 23.8. The summed E-state index contributed by atoms with van der Waals surface area (Å²) in [6.07, 6.45) is 1.92. The van der Waals surface area contributed by atoms with Crippen molar-refractivity contribution >= 4 is 17.9 Å². The van der Waals surface area contributed by atoms with Crippen LogP contribution in [0, 0.1) is 13.8 Å². The minimum absolute atomic E-state index is 0.126. The lowest BCUT2D eigenvalue weighted by molar-refractivity contribution is -0.130. The number of hydrogen-bond acceptors (Lipinski definition) is 6. The molecule has 0 radical (unpaired) electrons. The van der Waals surface area contributed by atoms with E-state index in [1.807, 2.05) is 44.2 Å². The molecule has 0 fully saturated rings. The van der Waals surface area contributed by atoms with Gasteiger partial charge in [0, 0.05) is 13.0 Å². The molecule has 6 N–H and O–H groups in total. The summed E-state index contributed by atoms with van der Waals surface area (Å²) >= 11 is 0. The molecule has 0 saturated carbocycles. The maximum Gasteiger partial charge on any atom is 0.408 e. The molecule has 2 aromatic carbocycles. The highest BCUT2D eigenvalue weighted by molar-refractivity contribution is 5.91. The number of phenolic OH excluding ortho intramolecular Hbond substituents is 1. The van der Waals surface area contributed by atoms with Crippen molar-refractivity contribution in [3.63, 3.8) is 0 Å². The van der Waals surface area contributed by atoms with Crippen molar-refractivity contribution in [3.8, 4) is 5.75 Å². The summed E-state index contributed by atoms with van der Waals surface area (Å²) < 4.78 is 5.39. The summed E-state index contributed by atoms with van der Waals surface area (Å²) in [5.41, 5.74) is 8.51. The van der Waals surface area contributed by atoms with Crippen LogP contribution in [-0.2, 0) is 27.2 Å². The Hall–Kier alpha value is -3.59. The van der Waals surface area contributed by atoms with Crippen LogP contribution in [0.2, 0.25) is 0 Å². The number of ether oxygens (including phenoxy) is 1. The molecule has 3 amide bonds. The Morgan fingerprint density at radius 2 is 1.59 bits per heavy atom. The molecule has 0 spiro atoms. The third kappa shape index (κ3) is 11.4. The molecular formula is C30H44N4O5. The van der Waals surface area contributed by atoms with Gasteiger partial charge in [-0.05, 0) is 101 Å². The molecule has 9 nitrogen and oxygen atoms in total. The largest absolute Gasteiger partial charge is 0.508 e. The summed E-state index contributed by atoms with van der Waals surface area (Å²) in [7, 11) is 0. The molecule has 0 aliphatic carbocycles. The third-order valence-corrected chi connectivity index (χ3v) is 6.21. The second-order valence-electron chi connectivity index (χ2n) is 10.8. The van der Waals surface area contributed by atoms with E-state index in [1.165, 1.54) is 5.56 Å². The molecule has 39 heavy (non-hydrogen) atoms. The molecule has 0 aliphatic heterocycles. The van der Waals surface area contributed by atoms with Crippen LogP contribution in [0.25, 0.3) is 0 Å². The van der Waals surface area contributed by atoms with Crippen LogP contribution in [0.5, 0.6) is 5.75 Å². The first-order valence-corrected chi connectivity index (χ1v) is 13.5. The molecule has 214 valence electrons. The second kappa shape index (κ2) is 15.1. The molecule has 0 aliphatic rings. The number of aryl methyl sites for hydroxylation is 3. The summed E-state index contributed by atoms with van der Waals surface area (Å²) in [5.74, 6) is -0.673. The van der Waals surface area contributed by atoms with Gasteiger partial charge in [-0.3, -0.25) is 9.59 Å². The van der Waals surface area contributed by atoms with Crippen molar-refractivity contribution in [2.45, 2.75) is 84.4 Å². The number of rotatable bonds is 13. The Balaban J connectivity index is 2.14. The number of nitrogens with one attached hydrogen (secondary N) is 3. The van der Waals surface area contributed by atoms with E-state index in [-0.39, 0.29) is 18.1 Å². The standard InChI is InChI=1S/C30H44N4O5/c1-20-17-23(35)18-21(2)24(20)19-26(34-29(38)39-30(3,4)5)28(37)33-25(14-9-15-31)27(36)32-16-10-13-22-11-7-6-8-12-22/h6-8,11-12,17-18,25-26,35H,9-10,13-16,19,31H2,1-5H3,(H,32,36)(H,33,37)(H,34,38). The van der Waals surface area contributed by atoms with E-state index in [2.05, 4.69) is 16.0 Å². The Kier molecular flexibility index (Phi) is 12.3. The summed E-state index contributed by atoms with van der Waals surface area (Å²) in [5, 5.41) is 18.3. The number of aromatic hydroxyl groups is 1. The smallest absolute Gasteiger partial charge is 0.408 e. The number of nitrogens with two attached hydrogens (primary N) is 1. The number of carbonyl (C=O) groups excluding carboxylic acids is 3. The average molecular weight is 541 g/mol. The monoisotopic (exact) mass is 540 g/mol. The molecule has 0 aromatic heterocycles. The van der Waals surface area contributed by atoms with Crippen molar-refractivity contribution in [1.29, 1.82) is 0 Å². The van der Waals surface area contributed by atoms with Gasteiger partial charge in [-0.15, -0.1) is 0 Å². The van der Waals surface area contributed by atoms with E-state index in [4.69, 9.17) is 10.5 Å². The second-order valence-corrected chi connectivity index (χ2v) is 10.8. The van der Waals surface area contributed by atoms with Crippen LogP contribution < -0.4 is 21.7 Å². The van der Waals surface area contributed by atoms with Gasteiger partial charge in [0.15, 0.2) is 0 Å². The molecule has 9 heteroatoms. The van der Waals surface area contributed by atoms with Gasteiger partial charge in [-0.25, -0.2) is 4.79 Å². The summed E-state index contributed by atoms with van der Waals surface area (Å²) in [6.45, 7) is 9.71. The summed E-state index contributed by atoms with van der Waals surface area (Å²) in [4.78, 5) is 39.1. The zero-order chi connectivity index (χ0) is 29.0. The van der Waals surface area contributed by atoms with Crippen molar-refractivity contribution in [1.82, 2.24) is 16.0 Å². The van der Waals surface area contributed by atoms with E-state index in [1.54, 1.807) is 32.9 Å². The molecule has 0 heterocycles. The van der Waals surface area contributed by atoms with Gasteiger partial charge >= 0.3 is 6.09 Å². The number of benzene rings is 2. The van der Waals surface area contributed by atoms with E-state index in [0.29, 0.717) is 25.9 Å². The van der Waals surface area contributed by atoms with E-state index in [9.17, 15) is 19.5 Å². The number of carbonyl (C=O) groups is 3. The Morgan fingerprint density at radius 3 is 2.18 bits per heavy atom. The van der Waals surface area contributed by atoms with Gasteiger partial charge < -0.3 is 31.5 Å². The fourth-order valence-corrected chi connectivity index (χ4v) is 4.29. The van der Waals surface area contributed by atoms with Crippen LogP contribution in [-0.4, -0.2) is 53.8 Å². The number of phenols is 1. The van der Waals surface area contributed by atoms with Crippen molar-refractivity contribution in [3.05, 3.63) is 64.7 Å². The van der Waals surface area contributed by atoms with Crippen LogP contribution in [0.1, 0.15) is 62.3 Å². The highest BCUT2D eigenvalue weighted by atomic mass is 16.6. The van der Waals surface area contributed by atoms with Crippen molar-refractivity contribution in [2.24, 2.45) is 5.73 Å². The van der Waals surface area contributed by atoms with Gasteiger partial charge in [0.2, 0.25) is 11.8 Å². The molecule has 0 bridgehead atoms. The third-order valence-electron chi connectivity index (χ3n) is 6.21. The van der Waals surface area contributed by atoms with Gasteiger partial charge in [-0.2, -0.15) is 0 Å². The van der Waals surface area contributed by atoms with Crippen LogP contribution in [0.3, 0.4) is 0 Å². The highest BCUT2D eigenvalue weighted by Gasteiger charge is 2.29. The van der Waals surface area contributed by atoms with Crippen LogP contribution >= 0.6 is 0 Å². The lowest BCUT2D eigenvalue weighted by Gasteiger charge is -2.26. The van der Waals surface area contributed by atoms with Gasteiger partial charge in [0.05, 0.1) is 0 Å². The van der Waals surface area contributed by atoms with Crippen LogP contribution in [0.15, 0.2) is 42.5 Å². The van der Waals surface area contributed by atoms with E-state index in [0.717, 1.165) is 29.5 Å². The number of alkyl carbamates (subject to hydrolysis) is 1. The fourth-order valence-electron chi connectivity index (χ4n) is 4.29. The molecular weight excluding hydrogens is 496 g/mol. The lowest BCUT2D eigenvalue weighted by Crippen LogP contribution is -2.55. The summed E-state index contributed by atoms with van der Waals surface area (Å²) in [6, 6.07) is 11.4. The predicted octanol–water partition coefficient (Wildman–Crippen LogP) is 3.42. The van der Waals surface area contributed by atoms with Crippen molar-refractivity contribution < 1.29 is 24.2 Å². The first-order chi connectivity index (χ1) is 18.4. The average Bonchev–Trinajstić information content (AvgIpc) is 2.85. The molecule has 2 aromatic rings. The minimum atomic E-state index is -1.01. The highest BCUT2D eigenvalue weighted by Crippen LogP contribution is 2.22. The topological polar surface area (TPSA) is 143 Å². The Bertz CT molecular complexity index is 1080. The van der Waals surface area contributed by atoms with Gasteiger partial charge in [0.25, 0.3) is 0 Å². The zero-order valence-corrected chi connectivity index (χ0v) is 23.8. The molecule has 2 unspecified atom stereocenters. The quantitative estimate of drug-likeness (QED) is 0.246. The molecule has 2 rings (SSSR count). The van der Waals surface area contributed by atoms with Crippen LogP contribution in [0.4, 0.5) is 4.79 Å². The Morgan fingerprint density at radius 1 is 0.949 bits per heavy atom. The van der Waals surface area contributed by atoms with Gasteiger partial charge in [0.1, 0.15) is 23.4 Å². The molecule has 0 saturated heterocycles. The van der Waals surface area contributed by atoms with Crippen molar-refractivity contribution in [2.75, 3.05) is 13.1 Å². The maximum absolute atomic E-state index is 13.5. The van der Waals surface area contributed by atoms with E-state index >= 15 is 0 Å². The number of amides is 3. The maximum atomic E-state index is 13.5. The Labute approximate surface area is 231 Å². The lowest BCUT2D eigenvalue weighted by atomic mass is 9.95. The van der Waals surface area contributed by atoms with Gasteiger partial charge in [-0.1, -0.05) is 30.3 Å². The first-order valence-electron chi connectivity index (χ1n) is 13.5. The van der Waals surface area contributed by atoms with E-state index < -0.39 is 29.7 Å². The fraction of sp³-hybridized carbons (Fsp3) is 0.500. The first kappa shape index (κ1) is 31.6.